The van der Waals surface area contributed by atoms with Crippen LogP contribution < -0.4 is 10.2 Å². The first-order valence-corrected chi connectivity index (χ1v) is 7.06. The summed E-state index contributed by atoms with van der Waals surface area (Å²) in [5.74, 6) is 0. The second-order valence-electron chi connectivity index (χ2n) is 4.59. The largest absolute Gasteiger partial charge is 0.405 e. The SMILES string of the molecule is CCCNCc1ccc(N(CC)CC(F)(F)F)c(Cl)c1. The standard InChI is InChI=1S/C14H20ClF3N2/c1-3-7-19-9-11-5-6-13(12(15)8-11)20(4-2)10-14(16,17)18/h5-6,8,19H,3-4,7,9-10H2,1-2H3. The summed E-state index contributed by atoms with van der Waals surface area (Å²) in [6.45, 7) is 4.58. The maximum absolute atomic E-state index is 12.5. The van der Waals surface area contributed by atoms with Gasteiger partial charge in [-0.1, -0.05) is 24.6 Å². The molecule has 0 amide bonds. The molecule has 1 aromatic carbocycles. The van der Waals surface area contributed by atoms with E-state index in [1.165, 1.54) is 4.90 Å². The van der Waals surface area contributed by atoms with Crippen LogP contribution in [0.25, 0.3) is 0 Å². The molecular formula is C14H20ClF3N2. The van der Waals surface area contributed by atoms with E-state index in [1.807, 2.05) is 6.07 Å². The highest BCUT2D eigenvalue weighted by Crippen LogP contribution is 2.29. The lowest BCUT2D eigenvalue weighted by molar-refractivity contribution is -0.119. The molecule has 0 unspecified atom stereocenters. The average molecular weight is 309 g/mol. The molecule has 1 N–H and O–H groups in total. The van der Waals surface area contributed by atoms with Gasteiger partial charge in [0.1, 0.15) is 6.54 Å². The maximum Gasteiger partial charge on any atom is 0.405 e. The quantitative estimate of drug-likeness (QED) is 0.758. The van der Waals surface area contributed by atoms with E-state index < -0.39 is 12.7 Å². The molecule has 0 fully saturated rings. The fourth-order valence-corrected chi connectivity index (χ4v) is 2.23. The Morgan fingerprint density at radius 3 is 2.45 bits per heavy atom. The minimum absolute atomic E-state index is 0.257. The molecule has 0 spiro atoms. The second-order valence-corrected chi connectivity index (χ2v) is 5.00. The molecule has 1 aromatic rings. The van der Waals surface area contributed by atoms with E-state index in [0.717, 1.165) is 18.5 Å². The minimum atomic E-state index is -4.24. The molecule has 0 radical (unpaired) electrons. The van der Waals surface area contributed by atoms with E-state index in [9.17, 15) is 13.2 Å². The lowest BCUT2D eigenvalue weighted by atomic mass is 10.2. The van der Waals surface area contributed by atoms with Crippen molar-refractivity contribution in [2.75, 3.05) is 24.5 Å². The molecule has 0 bridgehead atoms. The van der Waals surface area contributed by atoms with Crippen LogP contribution in [-0.4, -0.2) is 25.8 Å². The Hall–Kier alpha value is -0.940. The molecular weight excluding hydrogens is 289 g/mol. The number of rotatable bonds is 7. The highest BCUT2D eigenvalue weighted by molar-refractivity contribution is 6.33. The summed E-state index contributed by atoms with van der Waals surface area (Å²) < 4.78 is 37.5. The van der Waals surface area contributed by atoms with Gasteiger partial charge in [0.2, 0.25) is 0 Å². The third-order valence-corrected chi connectivity index (χ3v) is 3.16. The van der Waals surface area contributed by atoms with Gasteiger partial charge in [-0.25, -0.2) is 0 Å². The van der Waals surface area contributed by atoms with Crippen molar-refractivity contribution in [1.82, 2.24) is 5.32 Å². The zero-order valence-corrected chi connectivity index (χ0v) is 12.5. The number of anilines is 1. The predicted octanol–water partition coefficient (Wildman–Crippen LogP) is 4.23. The highest BCUT2D eigenvalue weighted by Gasteiger charge is 2.30. The fourth-order valence-electron chi connectivity index (χ4n) is 1.91. The second kappa shape index (κ2) is 7.74. The smallest absolute Gasteiger partial charge is 0.362 e. The van der Waals surface area contributed by atoms with Gasteiger partial charge >= 0.3 is 6.18 Å². The van der Waals surface area contributed by atoms with E-state index in [2.05, 4.69) is 12.2 Å². The normalized spacial score (nSPS) is 11.7. The van der Waals surface area contributed by atoms with Crippen molar-refractivity contribution in [2.24, 2.45) is 0 Å². The van der Waals surface area contributed by atoms with Gasteiger partial charge in [-0.15, -0.1) is 0 Å². The summed E-state index contributed by atoms with van der Waals surface area (Å²) in [6.07, 6.45) is -3.21. The van der Waals surface area contributed by atoms with Crippen molar-refractivity contribution >= 4 is 17.3 Å². The molecule has 114 valence electrons. The van der Waals surface area contributed by atoms with Gasteiger partial charge in [0, 0.05) is 13.1 Å². The minimum Gasteiger partial charge on any atom is -0.362 e. The summed E-state index contributed by atoms with van der Waals surface area (Å²) in [7, 11) is 0. The highest BCUT2D eigenvalue weighted by atomic mass is 35.5. The first kappa shape index (κ1) is 17.1. The summed E-state index contributed by atoms with van der Waals surface area (Å²) in [5, 5.41) is 3.58. The van der Waals surface area contributed by atoms with Gasteiger partial charge in [0.15, 0.2) is 0 Å². The third-order valence-electron chi connectivity index (χ3n) is 2.86. The van der Waals surface area contributed by atoms with Crippen LogP contribution in [0.4, 0.5) is 18.9 Å². The van der Waals surface area contributed by atoms with Crippen molar-refractivity contribution < 1.29 is 13.2 Å². The van der Waals surface area contributed by atoms with Crippen molar-refractivity contribution in [3.05, 3.63) is 28.8 Å². The van der Waals surface area contributed by atoms with Crippen LogP contribution in [0.1, 0.15) is 25.8 Å². The van der Waals surface area contributed by atoms with Crippen molar-refractivity contribution in [3.8, 4) is 0 Å². The van der Waals surface area contributed by atoms with Gasteiger partial charge in [0.25, 0.3) is 0 Å². The summed E-state index contributed by atoms with van der Waals surface area (Å²) >= 11 is 6.11. The van der Waals surface area contributed by atoms with Gasteiger partial charge < -0.3 is 10.2 Å². The van der Waals surface area contributed by atoms with Gasteiger partial charge in [0.05, 0.1) is 10.7 Å². The Morgan fingerprint density at radius 2 is 1.95 bits per heavy atom. The lowest BCUT2D eigenvalue weighted by Gasteiger charge is -2.25. The van der Waals surface area contributed by atoms with Crippen molar-refractivity contribution in [2.45, 2.75) is 33.0 Å². The number of benzene rings is 1. The molecule has 0 saturated heterocycles. The van der Waals surface area contributed by atoms with E-state index in [0.29, 0.717) is 17.3 Å². The molecule has 0 atom stereocenters. The van der Waals surface area contributed by atoms with E-state index in [4.69, 9.17) is 11.6 Å². The van der Waals surface area contributed by atoms with Crippen LogP contribution >= 0.6 is 11.6 Å². The number of halogens is 4. The van der Waals surface area contributed by atoms with Crippen LogP contribution in [0.2, 0.25) is 5.02 Å². The average Bonchev–Trinajstić information content (AvgIpc) is 2.36. The van der Waals surface area contributed by atoms with Crippen molar-refractivity contribution in [3.63, 3.8) is 0 Å². The Bertz CT molecular complexity index is 421. The number of hydrogen-bond donors (Lipinski definition) is 1. The molecule has 0 aromatic heterocycles. The zero-order valence-electron chi connectivity index (χ0n) is 11.7. The first-order chi connectivity index (χ1) is 9.37. The number of nitrogens with one attached hydrogen (secondary N) is 1. The molecule has 0 heterocycles. The number of alkyl halides is 3. The zero-order chi connectivity index (χ0) is 15.2. The maximum atomic E-state index is 12.5. The Kier molecular flexibility index (Phi) is 6.62. The van der Waals surface area contributed by atoms with Gasteiger partial charge in [-0.3, -0.25) is 0 Å². The molecule has 0 aliphatic carbocycles. The van der Waals surface area contributed by atoms with Crippen LogP contribution in [0.3, 0.4) is 0 Å². The molecule has 0 saturated carbocycles. The molecule has 0 aliphatic rings. The van der Waals surface area contributed by atoms with Crippen LogP contribution in [0.15, 0.2) is 18.2 Å². The first-order valence-electron chi connectivity index (χ1n) is 6.68. The Labute approximate surface area is 122 Å². The Balaban J connectivity index is 2.79. The van der Waals surface area contributed by atoms with E-state index in [-0.39, 0.29) is 6.54 Å². The summed E-state index contributed by atoms with van der Waals surface area (Å²) in [4.78, 5) is 1.23. The molecule has 1 rings (SSSR count). The number of nitrogens with zero attached hydrogens (tertiary/aromatic N) is 1. The molecule has 0 aliphatic heterocycles. The summed E-state index contributed by atoms with van der Waals surface area (Å²) in [6, 6.07) is 5.18. The van der Waals surface area contributed by atoms with E-state index >= 15 is 0 Å². The van der Waals surface area contributed by atoms with Crippen LogP contribution in [0, 0.1) is 0 Å². The predicted molar refractivity (Wildman–Crippen MR) is 77.4 cm³/mol. The van der Waals surface area contributed by atoms with Crippen molar-refractivity contribution in [1.29, 1.82) is 0 Å². The van der Waals surface area contributed by atoms with Crippen LogP contribution in [-0.2, 0) is 6.54 Å². The van der Waals surface area contributed by atoms with Crippen LogP contribution in [0.5, 0.6) is 0 Å². The van der Waals surface area contributed by atoms with E-state index in [1.54, 1.807) is 19.1 Å². The summed E-state index contributed by atoms with van der Waals surface area (Å²) in [5.41, 5.74) is 1.39. The monoisotopic (exact) mass is 308 g/mol. The van der Waals surface area contributed by atoms with Gasteiger partial charge in [-0.05, 0) is 37.6 Å². The fraction of sp³-hybridized carbons (Fsp3) is 0.571. The van der Waals surface area contributed by atoms with Gasteiger partial charge in [-0.2, -0.15) is 13.2 Å². The Morgan fingerprint density at radius 1 is 1.25 bits per heavy atom. The topological polar surface area (TPSA) is 15.3 Å². The number of hydrogen-bond acceptors (Lipinski definition) is 2. The molecule has 2 nitrogen and oxygen atoms in total. The lowest BCUT2D eigenvalue weighted by Crippen LogP contribution is -2.34. The molecule has 6 heteroatoms. The third kappa shape index (κ3) is 5.59. The molecule has 20 heavy (non-hydrogen) atoms.